The molecule has 1 aromatic heterocycles. The molecule has 100 valence electrons. The molecule has 2 nitrogen and oxygen atoms in total. The van der Waals surface area contributed by atoms with Crippen LogP contribution in [0.4, 0.5) is 0 Å². The van der Waals surface area contributed by atoms with Crippen molar-refractivity contribution in [1.29, 1.82) is 0 Å². The fraction of sp³-hybridized carbons (Fsp3) is 0.267. The summed E-state index contributed by atoms with van der Waals surface area (Å²) in [6, 6.07) is 9.92. The van der Waals surface area contributed by atoms with E-state index in [-0.39, 0.29) is 5.92 Å². The Hall–Kier alpha value is -1.13. The zero-order valence-electron chi connectivity index (χ0n) is 10.4. The van der Waals surface area contributed by atoms with E-state index in [1.54, 1.807) is 11.3 Å². The number of carbonyl (C=O) groups is 1. The minimum absolute atomic E-state index is 0.318. The van der Waals surface area contributed by atoms with Crippen LogP contribution in [0.3, 0.4) is 0 Å². The van der Waals surface area contributed by atoms with Gasteiger partial charge < -0.3 is 5.11 Å². The van der Waals surface area contributed by atoms with E-state index in [1.165, 1.54) is 5.56 Å². The maximum absolute atomic E-state index is 11.3. The molecule has 0 saturated carbocycles. The van der Waals surface area contributed by atoms with Crippen LogP contribution in [0.5, 0.6) is 0 Å². The average molecular weight is 339 g/mol. The molecular formula is C15H15BrO2S. The van der Waals surface area contributed by atoms with Crippen LogP contribution < -0.4 is 0 Å². The van der Waals surface area contributed by atoms with Gasteiger partial charge in [-0.05, 0) is 59.3 Å². The van der Waals surface area contributed by atoms with Gasteiger partial charge >= 0.3 is 5.97 Å². The Morgan fingerprint density at radius 2 is 1.95 bits per heavy atom. The van der Waals surface area contributed by atoms with Crippen molar-refractivity contribution in [3.05, 3.63) is 56.7 Å². The van der Waals surface area contributed by atoms with Gasteiger partial charge in [-0.15, -0.1) is 0 Å². The highest BCUT2D eigenvalue weighted by molar-refractivity contribution is 9.10. The molecule has 0 aliphatic rings. The minimum atomic E-state index is -0.710. The number of carboxylic acid groups (broad SMARTS) is 1. The summed E-state index contributed by atoms with van der Waals surface area (Å²) in [5, 5.41) is 13.4. The normalized spacial score (nSPS) is 12.3. The van der Waals surface area contributed by atoms with E-state index in [0.717, 1.165) is 16.5 Å². The van der Waals surface area contributed by atoms with Gasteiger partial charge in [-0.2, -0.15) is 11.3 Å². The molecule has 1 aromatic carbocycles. The van der Waals surface area contributed by atoms with Crippen molar-refractivity contribution in [2.75, 3.05) is 0 Å². The van der Waals surface area contributed by atoms with E-state index in [0.29, 0.717) is 12.8 Å². The lowest BCUT2D eigenvalue weighted by Crippen LogP contribution is -2.17. The highest BCUT2D eigenvalue weighted by atomic mass is 79.9. The fourth-order valence-electron chi connectivity index (χ4n) is 1.99. The Labute approximate surface area is 125 Å². The number of carboxylic acids is 1. The molecule has 0 aliphatic heterocycles. The maximum Gasteiger partial charge on any atom is 0.306 e. The van der Waals surface area contributed by atoms with Crippen molar-refractivity contribution >= 4 is 33.2 Å². The molecule has 0 aliphatic carbocycles. The smallest absolute Gasteiger partial charge is 0.306 e. The summed E-state index contributed by atoms with van der Waals surface area (Å²) < 4.78 is 1.02. The first-order valence-electron chi connectivity index (χ1n) is 6.13. The number of rotatable bonds is 6. The number of aryl methyl sites for hydroxylation is 1. The van der Waals surface area contributed by atoms with Crippen LogP contribution in [0, 0.1) is 5.92 Å². The molecule has 1 atom stereocenters. The second-order valence-corrected chi connectivity index (χ2v) is 6.23. The second-order valence-electron chi connectivity index (χ2n) is 4.54. The Kier molecular flexibility index (Phi) is 5.16. The first-order chi connectivity index (χ1) is 9.15. The third kappa shape index (κ3) is 4.48. The number of halogens is 1. The third-order valence-corrected chi connectivity index (χ3v) is 4.37. The number of thiophene rings is 1. The molecule has 0 spiro atoms. The van der Waals surface area contributed by atoms with Crippen molar-refractivity contribution in [1.82, 2.24) is 0 Å². The number of aliphatic carboxylic acids is 1. The molecule has 0 saturated heterocycles. The standard InChI is InChI=1S/C15H15BrO2S/c16-14-5-2-11(3-6-14)9-13(15(17)18)4-1-12-7-8-19-10-12/h2-3,5-8,10,13H,1,4,9H2,(H,17,18). The number of hydrogen-bond donors (Lipinski definition) is 1. The molecule has 1 heterocycles. The summed E-state index contributed by atoms with van der Waals surface area (Å²) in [5.74, 6) is -1.03. The molecule has 19 heavy (non-hydrogen) atoms. The van der Waals surface area contributed by atoms with Crippen molar-refractivity contribution in [2.45, 2.75) is 19.3 Å². The van der Waals surface area contributed by atoms with Crippen LogP contribution in [-0.4, -0.2) is 11.1 Å². The van der Waals surface area contributed by atoms with Gasteiger partial charge in [-0.25, -0.2) is 0 Å². The summed E-state index contributed by atoms with van der Waals surface area (Å²) in [6.07, 6.45) is 2.10. The minimum Gasteiger partial charge on any atom is -0.481 e. The third-order valence-electron chi connectivity index (χ3n) is 3.11. The lowest BCUT2D eigenvalue weighted by molar-refractivity contribution is -0.141. The largest absolute Gasteiger partial charge is 0.481 e. The van der Waals surface area contributed by atoms with Crippen LogP contribution >= 0.6 is 27.3 Å². The maximum atomic E-state index is 11.3. The van der Waals surface area contributed by atoms with Crippen molar-refractivity contribution < 1.29 is 9.90 Å². The van der Waals surface area contributed by atoms with Crippen LogP contribution in [-0.2, 0) is 17.6 Å². The van der Waals surface area contributed by atoms with Crippen molar-refractivity contribution in [3.63, 3.8) is 0 Å². The lowest BCUT2D eigenvalue weighted by atomic mass is 9.93. The van der Waals surface area contributed by atoms with Gasteiger partial charge in [-0.3, -0.25) is 4.79 Å². The van der Waals surface area contributed by atoms with Crippen LogP contribution in [0.15, 0.2) is 45.6 Å². The quantitative estimate of drug-likeness (QED) is 0.848. The molecule has 1 N–H and O–H groups in total. The summed E-state index contributed by atoms with van der Waals surface area (Å²) in [7, 11) is 0. The summed E-state index contributed by atoms with van der Waals surface area (Å²) in [4.78, 5) is 11.3. The highest BCUT2D eigenvalue weighted by Gasteiger charge is 2.17. The number of benzene rings is 1. The van der Waals surface area contributed by atoms with Crippen LogP contribution in [0.25, 0.3) is 0 Å². The van der Waals surface area contributed by atoms with Gasteiger partial charge in [0.2, 0.25) is 0 Å². The molecule has 0 fully saturated rings. The van der Waals surface area contributed by atoms with Gasteiger partial charge in [0, 0.05) is 4.47 Å². The summed E-state index contributed by atoms with van der Waals surface area (Å²) in [6.45, 7) is 0. The molecule has 0 bridgehead atoms. The van der Waals surface area contributed by atoms with E-state index in [1.807, 2.05) is 29.6 Å². The lowest BCUT2D eigenvalue weighted by Gasteiger charge is -2.12. The Balaban J connectivity index is 1.96. The topological polar surface area (TPSA) is 37.3 Å². The van der Waals surface area contributed by atoms with Crippen LogP contribution in [0.2, 0.25) is 0 Å². The van der Waals surface area contributed by atoms with Gasteiger partial charge in [0.05, 0.1) is 5.92 Å². The van der Waals surface area contributed by atoms with Crippen molar-refractivity contribution in [3.8, 4) is 0 Å². The Morgan fingerprint density at radius 1 is 1.21 bits per heavy atom. The molecular weight excluding hydrogens is 324 g/mol. The van der Waals surface area contributed by atoms with Gasteiger partial charge in [0.25, 0.3) is 0 Å². The zero-order chi connectivity index (χ0) is 13.7. The van der Waals surface area contributed by atoms with E-state index in [4.69, 9.17) is 0 Å². The molecule has 0 amide bonds. The van der Waals surface area contributed by atoms with Gasteiger partial charge in [-0.1, -0.05) is 28.1 Å². The molecule has 4 heteroatoms. The Bertz CT molecular complexity index is 520. The number of hydrogen-bond acceptors (Lipinski definition) is 2. The average Bonchev–Trinajstić information content (AvgIpc) is 2.89. The molecule has 2 rings (SSSR count). The fourth-order valence-corrected chi connectivity index (χ4v) is 2.96. The SMILES string of the molecule is O=C(O)C(CCc1ccsc1)Cc1ccc(Br)cc1. The van der Waals surface area contributed by atoms with E-state index >= 15 is 0 Å². The second kappa shape index (κ2) is 6.87. The molecule has 1 unspecified atom stereocenters. The monoisotopic (exact) mass is 338 g/mol. The Morgan fingerprint density at radius 3 is 2.53 bits per heavy atom. The summed E-state index contributed by atoms with van der Waals surface area (Å²) in [5.41, 5.74) is 2.30. The first-order valence-corrected chi connectivity index (χ1v) is 7.87. The van der Waals surface area contributed by atoms with Crippen molar-refractivity contribution in [2.24, 2.45) is 5.92 Å². The zero-order valence-corrected chi connectivity index (χ0v) is 12.8. The van der Waals surface area contributed by atoms with Crippen LogP contribution in [0.1, 0.15) is 17.5 Å². The molecule has 0 radical (unpaired) electrons. The van der Waals surface area contributed by atoms with E-state index < -0.39 is 5.97 Å². The van der Waals surface area contributed by atoms with Gasteiger partial charge in [0.1, 0.15) is 0 Å². The predicted molar refractivity (Wildman–Crippen MR) is 81.6 cm³/mol. The predicted octanol–water partition coefficient (Wildman–Crippen LogP) is 4.39. The van der Waals surface area contributed by atoms with E-state index in [2.05, 4.69) is 27.4 Å². The summed E-state index contributed by atoms with van der Waals surface area (Å²) >= 11 is 5.03. The van der Waals surface area contributed by atoms with Gasteiger partial charge in [0.15, 0.2) is 0 Å². The van der Waals surface area contributed by atoms with E-state index in [9.17, 15) is 9.90 Å². The first kappa shape index (κ1) is 14.3. The molecule has 2 aromatic rings. The highest BCUT2D eigenvalue weighted by Crippen LogP contribution is 2.19.